The molecule has 0 radical (unpaired) electrons. The summed E-state index contributed by atoms with van der Waals surface area (Å²) in [6, 6.07) is 6.43. The highest BCUT2D eigenvalue weighted by atomic mass is 16.5. The van der Waals surface area contributed by atoms with Crippen LogP contribution in [0.15, 0.2) is 18.2 Å². The minimum Gasteiger partial charge on any atom is -0.490 e. The molecule has 2 atom stereocenters. The Hall–Kier alpha value is -1.26. The van der Waals surface area contributed by atoms with Crippen molar-refractivity contribution in [3.05, 3.63) is 23.8 Å². The molecule has 4 nitrogen and oxygen atoms in total. The SMILES string of the molecule is CCC(CCO)CNC(C)c1ccc2c(c1)OCCCO2. The van der Waals surface area contributed by atoms with Crippen LogP contribution in [0, 0.1) is 5.92 Å². The van der Waals surface area contributed by atoms with Gasteiger partial charge in [0.1, 0.15) is 0 Å². The van der Waals surface area contributed by atoms with Gasteiger partial charge in [-0.2, -0.15) is 0 Å². The second-order valence-electron chi connectivity index (χ2n) is 5.67. The van der Waals surface area contributed by atoms with Gasteiger partial charge < -0.3 is 19.9 Å². The van der Waals surface area contributed by atoms with Gasteiger partial charge in [-0.15, -0.1) is 0 Å². The number of fused-ring (bicyclic) bond motifs is 1. The zero-order valence-electron chi connectivity index (χ0n) is 13.1. The molecule has 2 N–H and O–H groups in total. The minimum atomic E-state index is 0.259. The van der Waals surface area contributed by atoms with Gasteiger partial charge >= 0.3 is 0 Å². The van der Waals surface area contributed by atoms with E-state index in [1.165, 1.54) is 5.56 Å². The van der Waals surface area contributed by atoms with E-state index < -0.39 is 0 Å². The molecule has 0 fully saturated rings. The Morgan fingerprint density at radius 2 is 2.00 bits per heavy atom. The van der Waals surface area contributed by atoms with Crippen molar-refractivity contribution in [2.75, 3.05) is 26.4 Å². The van der Waals surface area contributed by atoms with E-state index in [1.807, 2.05) is 6.07 Å². The third-order valence-corrected chi connectivity index (χ3v) is 4.10. The van der Waals surface area contributed by atoms with Crippen LogP contribution in [0.25, 0.3) is 0 Å². The van der Waals surface area contributed by atoms with Crippen LogP contribution in [-0.4, -0.2) is 31.5 Å². The second kappa shape index (κ2) is 8.25. The van der Waals surface area contributed by atoms with E-state index >= 15 is 0 Å². The Morgan fingerprint density at radius 3 is 2.71 bits per heavy atom. The summed E-state index contributed by atoms with van der Waals surface area (Å²) in [6.07, 6.45) is 2.87. The maximum absolute atomic E-state index is 9.05. The number of aliphatic hydroxyl groups excluding tert-OH is 1. The standard InChI is InChI=1S/C17H27NO3/c1-3-14(7-8-19)12-18-13(2)15-5-6-16-17(11-15)21-10-4-9-20-16/h5-6,11,13-14,18-19H,3-4,7-10,12H2,1-2H3. The highest BCUT2D eigenvalue weighted by Crippen LogP contribution is 2.32. The zero-order chi connectivity index (χ0) is 15.1. The van der Waals surface area contributed by atoms with Gasteiger partial charge in [-0.3, -0.25) is 0 Å². The van der Waals surface area contributed by atoms with Gasteiger partial charge in [-0.1, -0.05) is 19.4 Å². The molecule has 0 aromatic heterocycles. The summed E-state index contributed by atoms with van der Waals surface area (Å²) in [4.78, 5) is 0. The van der Waals surface area contributed by atoms with Gasteiger partial charge in [0.25, 0.3) is 0 Å². The number of rotatable bonds is 7. The van der Waals surface area contributed by atoms with Crippen molar-refractivity contribution < 1.29 is 14.6 Å². The normalized spacial score (nSPS) is 17.1. The molecule has 0 saturated heterocycles. The topological polar surface area (TPSA) is 50.7 Å². The van der Waals surface area contributed by atoms with Gasteiger partial charge in [-0.25, -0.2) is 0 Å². The smallest absolute Gasteiger partial charge is 0.161 e. The summed E-state index contributed by atoms with van der Waals surface area (Å²) in [5.41, 5.74) is 1.21. The lowest BCUT2D eigenvalue weighted by Crippen LogP contribution is -2.26. The highest BCUT2D eigenvalue weighted by molar-refractivity contribution is 5.44. The van der Waals surface area contributed by atoms with E-state index in [0.717, 1.165) is 43.9 Å². The van der Waals surface area contributed by atoms with Gasteiger partial charge in [0, 0.05) is 19.1 Å². The average molecular weight is 293 g/mol. The van der Waals surface area contributed by atoms with Gasteiger partial charge in [0.15, 0.2) is 11.5 Å². The molecule has 1 aromatic carbocycles. The zero-order valence-corrected chi connectivity index (χ0v) is 13.1. The van der Waals surface area contributed by atoms with E-state index in [0.29, 0.717) is 12.5 Å². The van der Waals surface area contributed by atoms with Gasteiger partial charge in [0.2, 0.25) is 0 Å². The van der Waals surface area contributed by atoms with Gasteiger partial charge in [0.05, 0.1) is 13.2 Å². The summed E-state index contributed by atoms with van der Waals surface area (Å²) >= 11 is 0. The number of nitrogens with one attached hydrogen (secondary N) is 1. The maximum Gasteiger partial charge on any atom is 0.161 e. The average Bonchev–Trinajstić information content (AvgIpc) is 2.75. The molecular formula is C17H27NO3. The van der Waals surface area contributed by atoms with Crippen LogP contribution >= 0.6 is 0 Å². The van der Waals surface area contributed by atoms with Crippen molar-refractivity contribution in [2.24, 2.45) is 5.92 Å². The largest absolute Gasteiger partial charge is 0.490 e. The lowest BCUT2D eigenvalue weighted by molar-refractivity contribution is 0.249. The first-order valence-electron chi connectivity index (χ1n) is 7.98. The third-order valence-electron chi connectivity index (χ3n) is 4.10. The Kier molecular flexibility index (Phi) is 6.33. The molecule has 2 unspecified atom stereocenters. The van der Waals surface area contributed by atoms with Crippen LogP contribution in [0.4, 0.5) is 0 Å². The van der Waals surface area contributed by atoms with Crippen molar-refractivity contribution in [1.82, 2.24) is 5.32 Å². The molecule has 0 spiro atoms. The number of hydrogen-bond donors (Lipinski definition) is 2. The van der Waals surface area contributed by atoms with E-state index in [9.17, 15) is 0 Å². The maximum atomic E-state index is 9.05. The molecule has 118 valence electrons. The van der Waals surface area contributed by atoms with Crippen molar-refractivity contribution >= 4 is 0 Å². The van der Waals surface area contributed by atoms with E-state index in [-0.39, 0.29) is 12.6 Å². The summed E-state index contributed by atoms with van der Waals surface area (Å²) < 4.78 is 11.4. The van der Waals surface area contributed by atoms with Crippen LogP contribution in [0.1, 0.15) is 44.7 Å². The Morgan fingerprint density at radius 1 is 1.24 bits per heavy atom. The summed E-state index contributed by atoms with van der Waals surface area (Å²) in [7, 11) is 0. The number of aliphatic hydroxyl groups is 1. The Bertz CT molecular complexity index is 436. The van der Waals surface area contributed by atoms with Crippen molar-refractivity contribution in [1.29, 1.82) is 0 Å². The van der Waals surface area contributed by atoms with Crippen LogP contribution in [-0.2, 0) is 0 Å². The van der Waals surface area contributed by atoms with Crippen LogP contribution in [0.5, 0.6) is 11.5 Å². The predicted molar refractivity (Wildman–Crippen MR) is 84.0 cm³/mol. The quantitative estimate of drug-likeness (QED) is 0.811. The number of benzene rings is 1. The molecule has 0 aliphatic carbocycles. The van der Waals surface area contributed by atoms with E-state index in [4.69, 9.17) is 14.6 Å². The van der Waals surface area contributed by atoms with Gasteiger partial charge in [-0.05, 0) is 43.5 Å². The first-order chi connectivity index (χ1) is 10.2. The number of hydrogen-bond acceptors (Lipinski definition) is 4. The van der Waals surface area contributed by atoms with Crippen molar-refractivity contribution in [3.63, 3.8) is 0 Å². The monoisotopic (exact) mass is 293 g/mol. The summed E-state index contributed by atoms with van der Waals surface area (Å²) in [6.45, 7) is 6.95. The molecule has 4 heteroatoms. The van der Waals surface area contributed by atoms with E-state index in [1.54, 1.807) is 0 Å². The van der Waals surface area contributed by atoms with Crippen LogP contribution in [0.3, 0.4) is 0 Å². The molecule has 0 saturated carbocycles. The lowest BCUT2D eigenvalue weighted by atomic mass is 10.0. The molecule has 0 amide bonds. The Labute approximate surface area is 127 Å². The fraction of sp³-hybridized carbons (Fsp3) is 0.647. The summed E-state index contributed by atoms with van der Waals surface area (Å²) in [5, 5.41) is 12.6. The Balaban J connectivity index is 1.96. The number of ether oxygens (including phenoxy) is 2. The van der Waals surface area contributed by atoms with E-state index in [2.05, 4.69) is 31.3 Å². The van der Waals surface area contributed by atoms with Crippen molar-refractivity contribution in [3.8, 4) is 11.5 Å². The fourth-order valence-electron chi connectivity index (χ4n) is 2.54. The molecule has 1 heterocycles. The highest BCUT2D eigenvalue weighted by Gasteiger charge is 2.14. The molecular weight excluding hydrogens is 266 g/mol. The first-order valence-corrected chi connectivity index (χ1v) is 7.98. The lowest BCUT2D eigenvalue weighted by Gasteiger charge is -2.20. The minimum absolute atomic E-state index is 0.259. The molecule has 21 heavy (non-hydrogen) atoms. The van der Waals surface area contributed by atoms with Crippen molar-refractivity contribution in [2.45, 2.75) is 39.2 Å². The molecule has 1 aliphatic heterocycles. The van der Waals surface area contributed by atoms with Crippen LogP contribution < -0.4 is 14.8 Å². The predicted octanol–water partition coefficient (Wildman–Crippen LogP) is 2.91. The first kappa shape index (κ1) is 16.1. The third kappa shape index (κ3) is 4.61. The summed E-state index contributed by atoms with van der Waals surface area (Å²) in [5.74, 6) is 2.22. The fourth-order valence-corrected chi connectivity index (χ4v) is 2.54. The molecule has 1 aromatic rings. The second-order valence-corrected chi connectivity index (χ2v) is 5.67. The molecule has 2 rings (SSSR count). The van der Waals surface area contributed by atoms with Crippen LogP contribution in [0.2, 0.25) is 0 Å². The molecule has 0 bridgehead atoms. The molecule has 1 aliphatic rings.